The molecule has 4 N–H and O–H groups in total. The van der Waals surface area contributed by atoms with Gasteiger partial charge in [0, 0.05) is 18.8 Å². The summed E-state index contributed by atoms with van der Waals surface area (Å²) < 4.78 is 6.78. The van der Waals surface area contributed by atoms with Crippen molar-refractivity contribution < 1.29 is 19.7 Å². The van der Waals surface area contributed by atoms with Crippen LogP contribution in [-0.2, 0) is 11.3 Å². The lowest BCUT2D eigenvalue weighted by molar-refractivity contribution is 0.0843. The lowest BCUT2D eigenvalue weighted by atomic mass is 10.2. The molecule has 11 nitrogen and oxygen atoms in total. The second-order valence-corrected chi connectivity index (χ2v) is 8.93. The van der Waals surface area contributed by atoms with Gasteiger partial charge in [-0.2, -0.15) is 0 Å². The van der Waals surface area contributed by atoms with E-state index in [4.69, 9.17) is 4.74 Å². The topological polar surface area (TPSA) is 147 Å². The molecule has 2 aromatic heterocycles. The third kappa shape index (κ3) is 5.75. The highest BCUT2D eigenvalue weighted by Crippen LogP contribution is 2.36. The first-order valence-electron chi connectivity index (χ1n) is 11.2. The Labute approximate surface area is 201 Å². The third-order valence-corrected chi connectivity index (χ3v) is 6.41. The number of alkyl carbamates (subject to hydrolysis) is 1. The van der Waals surface area contributed by atoms with Gasteiger partial charge in [-0.15, -0.1) is 5.10 Å². The molecule has 1 aromatic carbocycles. The summed E-state index contributed by atoms with van der Waals surface area (Å²) in [5, 5.41) is 35.1. The first-order valence-corrected chi connectivity index (χ1v) is 12.2. The number of aromatic nitrogens is 5. The molecule has 2 unspecified atom stereocenters. The van der Waals surface area contributed by atoms with E-state index in [9.17, 15) is 15.0 Å². The van der Waals surface area contributed by atoms with Gasteiger partial charge >= 0.3 is 6.09 Å². The van der Waals surface area contributed by atoms with Crippen molar-refractivity contribution in [3.05, 3.63) is 42.0 Å². The van der Waals surface area contributed by atoms with Gasteiger partial charge in [-0.25, -0.2) is 19.4 Å². The van der Waals surface area contributed by atoms with Crippen molar-refractivity contribution in [2.45, 2.75) is 50.1 Å². The predicted molar refractivity (Wildman–Crippen MR) is 127 cm³/mol. The minimum atomic E-state index is -1.01. The maximum absolute atomic E-state index is 12.0. The Hall–Kier alpha value is -2.96. The number of thioether (sulfide) groups is 1. The number of hydrogen-bond acceptors (Lipinski definition) is 10. The van der Waals surface area contributed by atoms with Gasteiger partial charge in [-0.3, -0.25) is 0 Å². The monoisotopic (exact) mass is 486 g/mol. The summed E-state index contributed by atoms with van der Waals surface area (Å²) in [4.78, 5) is 21.1. The Kier molecular flexibility index (Phi) is 8.14. The van der Waals surface area contributed by atoms with E-state index in [1.54, 1.807) is 4.68 Å². The third-order valence-electron chi connectivity index (χ3n) is 5.35. The minimum Gasteiger partial charge on any atom is -0.445 e. The summed E-state index contributed by atoms with van der Waals surface area (Å²) in [6, 6.07) is 9.03. The quantitative estimate of drug-likeness (QED) is 0.191. The van der Waals surface area contributed by atoms with Crippen molar-refractivity contribution >= 4 is 34.8 Å². The zero-order valence-corrected chi connectivity index (χ0v) is 19.7. The van der Waals surface area contributed by atoms with Crippen LogP contribution in [-0.4, -0.2) is 66.2 Å². The molecule has 181 valence electrons. The number of amides is 1. The van der Waals surface area contributed by atoms with Gasteiger partial charge in [0.25, 0.3) is 0 Å². The van der Waals surface area contributed by atoms with Gasteiger partial charge < -0.3 is 25.6 Å². The molecule has 4 rings (SSSR count). The minimum absolute atomic E-state index is 0.0480. The SMILES string of the molecule is CCCSc1nc(NCCNC(=O)OCc2ccccc2)c2nnn(C3CC[C](O)C3O)c2n1. The van der Waals surface area contributed by atoms with Crippen molar-refractivity contribution in [2.24, 2.45) is 0 Å². The van der Waals surface area contributed by atoms with Crippen molar-refractivity contribution in [3.63, 3.8) is 0 Å². The molecule has 0 bridgehead atoms. The van der Waals surface area contributed by atoms with Crippen LogP contribution >= 0.6 is 11.8 Å². The largest absolute Gasteiger partial charge is 0.445 e. The maximum atomic E-state index is 12.0. The molecule has 1 amide bonds. The maximum Gasteiger partial charge on any atom is 0.407 e. The zero-order chi connectivity index (χ0) is 23.9. The number of aliphatic hydroxyl groups is 2. The number of nitrogens with one attached hydrogen (secondary N) is 2. The average Bonchev–Trinajstić information content (AvgIpc) is 3.42. The number of rotatable bonds is 10. The number of fused-ring (bicyclic) bond motifs is 1. The van der Waals surface area contributed by atoms with E-state index >= 15 is 0 Å². The summed E-state index contributed by atoms with van der Waals surface area (Å²) in [6.07, 6.45) is 0.458. The first kappa shape index (κ1) is 24.2. The fourth-order valence-electron chi connectivity index (χ4n) is 3.61. The normalized spacial score (nSPS) is 18.3. The molecule has 1 aliphatic carbocycles. The predicted octanol–water partition coefficient (Wildman–Crippen LogP) is 2.66. The van der Waals surface area contributed by atoms with Crippen LogP contribution in [0, 0.1) is 6.10 Å². The molecular formula is C22H28N7O4S. The standard InChI is InChI=1S/C22H28N7O4S/c1-2-12-34-21-25-19(23-10-11-24-22(32)33-13-14-6-4-3-5-7-14)17-20(26-21)29(28-27-17)15-8-9-16(30)18(15)31/h3-7,15,18,30-31H,2,8-13H2,1H3,(H,24,32)(H,23,25,26). The molecule has 2 atom stereocenters. The Balaban J connectivity index is 1.40. The number of anilines is 1. The van der Waals surface area contributed by atoms with Crippen molar-refractivity contribution in [1.29, 1.82) is 0 Å². The van der Waals surface area contributed by atoms with Gasteiger partial charge in [-0.05, 0) is 24.8 Å². The molecule has 1 aliphatic rings. The molecule has 0 spiro atoms. The van der Waals surface area contributed by atoms with Crippen LogP contribution < -0.4 is 10.6 Å². The second-order valence-electron chi connectivity index (χ2n) is 7.87. The lowest BCUT2D eigenvalue weighted by Crippen LogP contribution is -2.29. The number of benzene rings is 1. The summed E-state index contributed by atoms with van der Waals surface area (Å²) in [5.41, 5.74) is 1.87. The van der Waals surface area contributed by atoms with Gasteiger partial charge in [0.2, 0.25) is 0 Å². The van der Waals surface area contributed by atoms with E-state index in [0.717, 1.165) is 17.7 Å². The zero-order valence-electron chi connectivity index (χ0n) is 18.8. The molecule has 12 heteroatoms. The van der Waals surface area contributed by atoms with E-state index in [1.807, 2.05) is 30.3 Å². The summed E-state index contributed by atoms with van der Waals surface area (Å²) in [7, 11) is 0. The second kappa shape index (κ2) is 11.4. The smallest absolute Gasteiger partial charge is 0.407 e. The lowest BCUT2D eigenvalue weighted by Gasteiger charge is -2.16. The highest BCUT2D eigenvalue weighted by atomic mass is 32.2. The average molecular weight is 487 g/mol. The summed E-state index contributed by atoms with van der Waals surface area (Å²) in [6.45, 7) is 2.98. The van der Waals surface area contributed by atoms with Crippen LogP contribution in [0.3, 0.4) is 0 Å². The molecule has 1 saturated carbocycles. The van der Waals surface area contributed by atoms with Gasteiger partial charge in [-0.1, -0.05) is 54.2 Å². The van der Waals surface area contributed by atoms with Crippen molar-refractivity contribution in [2.75, 3.05) is 24.2 Å². The van der Waals surface area contributed by atoms with Crippen LogP contribution in [0.25, 0.3) is 11.2 Å². The molecule has 2 heterocycles. The molecular weight excluding hydrogens is 458 g/mol. The fraction of sp³-hybridized carbons (Fsp3) is 0.455. The molecule has 34 heavy (non-hydrogen) atoms. The van der Waals surface area contributed by atoms with Crippen molar-refractivity contribution in [3.8, 4) is 0 Å². The van der Waals surface area contributed by atoms with Gasteiger partial charge in [0.1, 0.15) is 18.8 Å². The number of aliphatic hydroxyl groups excluding tert-OH is 2. The van der Waals surface area contributed by atoms with E-state index in [1.165, 1.54) is 11.8 Å². The molecule has 0 saturated heterocycles. The fourth-order valence-corrected chi connectivity index (χ4v) is 4.31. The molecule has 0 aliphatic heterocycles. The van der Waals surface area contributed by atoms with E-state index in [0.29, 0.717) is 48.1 Å². The Morgan fingerprint density at radius 3 is 2.82 bits per heavy atom. The highest BCUT2D eigenvalue weighted by molar-refractivity contribution is 7.99. The van der Waals surface area contributed by atoms with E-state index < -0.39 is 18.2 Å². The van der Waals surface area contributed by atoms with Crippen LogP contribution in [0.1, 0.15) is 37.8 Å². The summed E-state index contributed by atoms with van der Waals surface area (Å²) in [5.74, 6) is 1.34. The molecule has 1 fully saturated rings. The first-order chi connectivity index (χ1) is 16.6. The van der Waals surface area contributed by atoms with E-state index in [2.05, 4.69) is 37.8 Å². The summed E-state index contributed by atoms with van der Waals surface area (Å²) >= 11 is 1.52. The Morgan fingerprint density at radius 1 is 1.26 bits per heavy atom. The van der Waals surface area contributed by atoms with Gasteiger partial charge in [0.05, 0.1) is 6.04 Å². The van der Waals surface area contributed by atoms with Crippen LogP contribution in [0.2, 0.25) is 0 Å². The number of carbonyl (C=O) groups excluding carboxylic acids is 1. The molecule has 3 aromatic rings. The van der Waals surface area contributed by atoms with E-state index in [-0.39, 0.29) is 12.7 Å². The van der Waals surface area contributed by atoms with Crippen molar-refractivity contribution in [1.82, 2.24) is 30.3 Å². The number of hydrogen-bond donors (Lipinski definition) is 4. The number of ether oxygens (including phenoxy) is 1. The Bertz CT molecular complexity index is 1100. The van der Waals surface area contributed by atoms with Crippen LogP contribution in [0.5, 0.6) is 0 Å². The molecule has 1 radical (unpaired) electrons. The van der Waals surface area contributed by atoms with Gasteiger partial charge in [0.15, 0.2) is 22.1 Å². The van der Waals surface area contributed by atoms with Crippen LogP contribution in [0.4, 0.5) is 10.6 Å². The van der Waals surface area contributed by atoms with Crippen LogP contribution in [0.15, 0.2) is 35.5 Å². The number of carbonyl (C=O) groups is 1. The number of nitrogens with zero attached hydrogens (tertiary/aromatic N) is 5. The Morgan fingerprint density at radius 2 is 2.09 bits per heavy atom. The highest BCUT2D eigenvalue weighted by Gasteiger charge is 2.37.